The lowest BCUT2D eigenvalue weighted by Crippen LogP contribution is -2.39. The summed E-state index contributed by atoms with van der Waals surface area (Å²) in [6.07, 6.45) is 1.08. The molecule has 0 saturated carbocycles. The normalized spacial score (nSPS) is 13.3. The third kappa shape index (κ3) is 6.93. The molecule has 1 unspecified atom stereocenters. The average molecular weight is 431 g/mol. The lowest BCUT2D eigenvalue weighted by Gasteiger charge is -2.21. The van der Waals surface area contributed by atoms with Crippen molar-refractivity contribution in [1.82, 2.24) is 5.32 Å². The first-order chi connectivity index (χ1) is 14.2. The van der Waals surface area contributed by atoms with Gasteiger partial charge in [-0.3, -0.25) is 14.4 Å². The van der Waals surface area contributed by atoms with Crippen molar-refractivity contribution in [2.24, 2.45) is 11.7 Å². The van der Waals surface area contributed by atoms with Crippen molar-refractivity contribution in [3.8, 4) is 11.1 Å². The molecule has 5 N–H and O–H groups in total. The lowest BCUT2D eigenvalue weighted by atomic mass is 9.95. The summed E-state index contributed by atoms with van der Waals surface area (Å²) in [7, 11) is 0. The zero-order valence-corrected chi connectivity index (χ0v) is 17.1. The molecule has 2 atom stereocenters. The van der Waals surface area contributed by atoms with E-state index in [2.05, 4.69) is 5.32 Å². The monoisotopic (exact) mass is 430 g/mol. The molecule has 0 aliphatic rings. The van der Waals surface area contributed by atoms with Gasteiger partial charge in [0, 0.05) is 11.1 Å². The molecule has 158 valence electrons. The van der Waals surface area contributed by atoms with E-state index in [4.69, 9.17) is 17.3 Å². The molecule has 2 rings (SSSR count). The molecule has 0 heterocycles. The highest BCUT2D eigenvalue weighted by molar-refractivity contribution is 6.30. The fourth-order valence-electron chi connectivity index (χ4n) is 2.97. The van der Waals surface area contributed by atoms with Gasteiger partial charge in [0.15, 0.2) is 5.76 Å². The zero-order valence-electron chi connectivity index (χ0n) is 16.3. The minimum absolute atomic E-state index is 0.140. The number of aliphatic hydroxyl groups is 1. The summed E-state index contributed by atoms with van der Waals surface area (Å²) in [5.74, 6) is -4.40. The number of nitrogens with one attached hydrogen (secondary N) is 1. The number of hydrogen-bond donors (Lipinski definition) is 4. The van der Waals surface area contributed by atoms with Crippen molar-refractivity contribution < 1.29 is 24.6 Å². The number of aliphatic hydroxyl groups excluding tert-OH is 1. The maximum atomic E-state index is 12.1. The fourth-order valence-corrected chi connectivity index (χ4v) is 3.16. The first-order valence-electron chi connectivity index (χ1n) is 9.24. The molecule has 0 fully saturated rings. The molecular weight excluding hydrogens is 408 g/mol. The Kier molecular flexibility index (Phi) is 8.00. The topological polar surface area (TPSA) is 130 Å². The van der Waals surface area contributed by atoms with Crippen LogP contribution in [0.4, 0.5) is 0 Å². The molecule has 7 nitrogen and oxygen atoms in total. The van der Waals surface area contributed by atoms with Crippen LogP contribution in [0.25, 0.3) is 11.1 Å². The molecular formula is C22H23ClN2O5. The SMILES string of the molecule is C[C@H](CC(Cc1ccc(-c2cccc(Cl)c2)cc1)NC(=O)/C(O)=C/C(N)=O)C(=O)O. The van der Waals surface area contributed by atoms with Crippen molar-refractivity contribution in [1.29, 1.82) is 0 Å². The van der Waals surface area contributed by atoms with Crippen molar-refractivity contribution in [2.45, 2.75) is 25.8 Å². The van der Waals surface area contributed by atoms with Crippen LogP contribution in [-0.4, -0.2) is 34.0 Å². The van der Waals surface area contributed by atoms with Crippen LogP contribution >= 0.6 is 11.6 Å². The number of benzene rings is 2. The summed E-state index contributed by atoms with van der Waals surface area (Å²) in [5, 5.41) is 22.0. The molecule has 0 saturated heterocycles. The molecule has 2 amide bonds. The summed E-state index contributed by atoms with van der Waals surface area (Å²) < 4.78 is 0. The summed E-state index contributed by atoms with van der Waals surface area (Å²) in [6, 6.07) is 14.4. The number of carboxylic acid groups (broad SMARTS) is 1. The Morgan fingerprint density at radius 3 is 2.33 bits per heavy atom. The molecule has 2 aromatic carbocycles. The number of hydrogen-bond acceptors (Lipinski definition) is 4. The van der Waals surface area contributed by atoms with E-state index in [-0.39, 0.29) is 6.42 Å². The average Bonchev–Trinajstić information content (AvgIpc) is 2.67. The Hall–Kier alpha value is -3.32. The van der Waals surface area contributed by atoms with Crippen LogP contribution in [0.5, 0.6) is 0 Å². The van der Waals surface area contributed by atoms with E-state index in [0.717, 1.165) is 16.7 Å². The van der Waals surface area contributed by atoms with Crippen molar-refractivity contribution in [3.63, 3.8) is 0 Å². The quantitative estimate of drug-likeness (QED) is 0.359. The second kappa shape index (κ2) is 10.5. The van der Waals surface area contributed by atoms with E-state index >= 15 is 0 Å². The van der Waals surface area contributed by atoms with E-state index in [1.165, 1.54) is 6.92 Å². The van der Waals surface area contributed by atoms with Gasteiger partial charge in [0.25, 0.3) is 5.91 Å². The third-order valence-electron chi connectivity index (χ3n) is 4.50. The number of carbonyl (C=O) groups is 3. The van der Waals surface area contributed by atoms with Crippen LogP contribution in [0.15, 0.2) is 60.4 Å². The maximum absolute atomic E-state index is 12.1. The molecule has 30 heavy (non-hydrogen) atoms. The van der Waals surface area contributed by atoms with Gasteiger partial charge >= 0.3 is 5.97 Å². The van der Waals surface area contributed by atoms with Gasteiger partial charge in [-0.1, -0.05) is 54.9 Å². The van der Waals surface area contributed by atoms with Crippen LogP contribution in [0.2, 0.25) is 5.02 Å². The van der Waals surface area contributed by atoms with E-state index in [1.807, 2.05) is 42.5 Å². The smallest absolute Gasteiger partial charge is 0.306 e. The van der Waals surface area contributed by atoms with E-state index in [9.17, 15) is 24.6 Å². The number of aliphatic carboxylic acids is 1. The highest BCUT2D eigenvalue weighted by atomic mass is 35.5. The number of carboxylic acids is 1. The highest BCUT2D eigenvalue weighted by Gasteiger charge is 2.22. The standard InChI is InChI=1S/C22H23ClN2O5/c1-13(22(29)30)9-18(25-21(28)19(26)12-20(24)27)10-14-5-7-15(8-6-14)16-3-2-4-17(23)11-16/h2-8,11-13,18,26H,9-10H2,1H3,(H2,24,27)(H,25,28)(H,29,30)/b19-12-/t13-,18?/m1/s1. The Labute approximate surface area is 179 Å². The van der Waals surface area contributed by atoms with Crippen LogP contribution < -0.4 is 11.1 Å². The summed E-state index contributed by atoms with van der Waals surface area (Å²) >= 11 is 6.03. The second-order valence-electron chi connectivity index (χ2n) is 6.99. The fraction of sp³-hybridized carbons (Fsp3) is 0.227. The van der Waals surface area contributed by atoms with Gasteiger partial charge in [0.2, 0.25) is 5.91 Å². The van der Waals surface area contributed by atoms with Gasteiger partial charge in [-0.25, -0.2) is 0 Å². The predicted molar refractivity (Wildman–Crippen MR) is 114 cm³/mol. The van der Waals surface area contributed by atoms with Crippen LogP contribution in [0.3, 0.4) is 0 Å². The van der Waals surface area contributed by atoms with Crippen LogP contribution in [-0.2, 0) is 20.8 Å². The minimum Gasteiger partial charge on any atom is -0.503 e. The molecule has 0 aromatic heterocycles. The Morgan fingerprint density at radius 2 is 1.77 bits per heavy atom. The van der Waals surface area contributed by atoms with Gasteiger partial charge < -0.3 is 21.3 Å². The largest absolute Gasteiger partial charge is 0.503 e. The van der Waals surface area contributed by atoms with E-state index in [1.54, 1.807) is 6.07 Å². The number of halogens is 1. The minimum atomic E-state index is -0.998. The van der Waals surface area contributed by atoms with Crippen molar-refractivity contribution >= 4 is 29.4 Å². The molecule has 8 heteroatoms. The second-order valence-corrected chi connectivity index (χ2v) is 7.43. The van der Waals surface area contributed by atoms with Gasteiger partial charge in [-0.05, 0) is 41.7 Å². The number of amides is 2. The number of carbonyl (C=O) groups excluding carboxylic acids is 2. The summed E-state index contributed by atoms with van der Waals surface area (Å²) in [6.45, 7) is 1.53. The Bertz CT molecular complexity index is 956. The third-order valence-corrected chi connectivity index (χ3v) is 4.74. The first kappa shape index (κ1) is 23.0. The molecule has 0 radical (unpaired) electrons. The summed E-state index contributed by atoms with van der Waals surface area (Å²) in [4.78, 5) is 34.2. The number of nitrogens with two attached hydrogens (primary N) is 1. The molecule has 2 aromatic rings. The highest BCUT2D eigenvalue weighted by Crippen LogP contribution is 2.23. The maximum Gasteiger partial charge on any atom is 0.306 e. The molecule has 0 aliphatic carbocycles. The van der Waals surface area contributed by atoms with Crippen molar-refractivity contribution in [3.05, 3.63) is 71.0 Å². The lowest BCUT2D eigenvalue weighted by molar-refractivity contribution is -0.141. The van der Waals surface area contributed by atoms with E-state index in [0.29, 0.717) is 17.5 Å². The zero-order chi connectivity index (χ0) is 22.3. The van der Waals surface area contributed by atoms with Gasteiger partial charge in [-0.15, -0.1) is 0 Å². The predicted octanol–water partition coefficient (Wildman–Crippen LogP) is 3.07. The van der Waals surface area contributed by atoms with Gasteiger partial charge in [-0.2, -0.15) is 0 Å². The molecule has 0 bridgehead atoms. The number of rotatable bonds is 9. The van der Waals surface area contributed by atoms with Crippen LogP contribution in [0, 0.1) is 5.92 Å². The van der Waals surface area contributed by atoms with Gasteiger partial charge in [0.1, 0.15) is 0 Å². The number of primary amides is 1. The molecule has 0 spiro atoms. The van der Waals surface area contributed by atoms with Crippen molar-refractivity contribution in [2.75, 3.05) is 0 Å². The Morgan fingerprint density at radius 1 is 1.10 bits per heavy atom. The van der Waals surface area contributed by atoms with Crippen LogP contribution in [0.1, 0.15) is 18.9 Å². The first-order valence-corrected chi connectivity index (χ1v) is 9.62. The van der Waals surface area contributed by atoms with E-state index < -0.39 is 35.5 Å². The summed E-state index contributed by atoms with van der Waals surface area (Å²) in [5.41, 5.74) is 7.72. The van der Waals surface area contributed by atoms with Gasteiger partial charge in [0.05, 0.1) is 12.0 Å². The Balaban J connectivity index is 2.17. The molecule has 0 aliphatic heterocycles.